The summed E-state index contributed by atoms with van der Waals surface area (Å²) in [5.74, 6) is 0.217. The van der Waals surface area contributed by atoms with Crippen LogP contribution in [0.2, 0.25) is 0 Å². The third kappa shape index (κ3) is 4.54. The number of rotatable bonds is 7. The average Bonchev–Trinajstić information content (AvgIpc) is 2.43. The van der Waals surface area contributed by atoms with E-state index in [-0.39, 0.29) is 23.9 Å². The molecule has 0 radical (unpaired) electrons. The molecule has 0 amide bonds. The molecule has 0 saturated carbocycles. The van der Waals surface area contributed by atoms with Crippen LogP contribution in [0, 0.1) is 5.41 Å². The zero-order chi connectivity index (χ0) is 14.3. The number of nitrogens with one attached hydrogen (secondary N) is 1. The number of hydrogen-bond donors (Lipinski definition) is 4. The Kier molecular flexibility index (Phi) is 5.79. The fourth-order valence-corrected chi connectivity index (χ4v) is 1.80. The van der Waals surface area contributed by atoms with Crippen molar-refractivity contribution in [3.05, 3.63) is 35.9 Å². The van der Waals surface area contributed by atoms with Crippen LogP contribution >= 0.6 is 0 Å². The quantitative estimate of drug-likeness (QED) is 0.260. The highest BCUT2D eigenvalue weighted by atomic mass is 16.4. The molecule has 0 bridgehead atoms. The number of hydrogen-bond acceptors (Lipinski definition) is 4. The average molecular weight is 265 g/mol. The van der Waals surface area contributed by atoms with E-state index in [4.69, 9.17) is 10.9 Å². The van der Waals surface area contributed by atoms with E-state index < -0.39 is 0 Å². The summed E-state index contributed by atoms with van der Waals surface area (Å²) < 4.78 is 0. The van der Waals surface area contributed by atoms with Crippen LogP contribution in [-0.2, 0) is 0 Å². The summed E-state index contributed by atoms with van der Waals surface area (Å²) in [4.78, 5) is 0. The Morgan fingerprint density at radius 1 is 1.37 bits per heavy atom. The summed E-state index contributed by atoms with van der Waals surface area (Å²) in [5, 5.41) is 24.5. The third-order valence-electron chi connectivity index (χ3n) is 3.33. The van der Waals surface area contributed by atoms with Crippen molar-refractivity contribution >= 4 is 5.84 Å². The van der Waals surface area contributed by atoms with Gasteiger partial charge in [0.25, 0.3) is 0 Å². The maximum Gasteiger partial charge on any atom is 0.144 e. The van der Waals surface area contributed by atoms with Crippen LogP contribution in [0.1, 0.15) is 31.9 Å². The van der Waals surface area contributed by atoms with Crippen molar-refractivity contribution in [1.29, 1.82) is 0 Å². The van der Waals surface area contributed by atoms with Crippen molar-refractivity contribution in [3.8, 4) is 0 Å². The summed E-state index contributed by atoms with van der Waals surface area (Å²) in [6.45, 7) is 4.54. The number of benzene rings is 1. The maximum atomic E-state index is 9.41. The van der Waals surface area contributed by atoms with Gasteiger partial charge < -0.3 is 21.4 Å². The minimum Gasteiger partial charge on any atom is -0.409 e. The molecule has 0 aliphatic rings. The molecule has 1 atom stereocenters. The Balaban J connectivity index is 2.52. The lowest BCUT2D eigenvalue weighted by Gasteiger charge is -2.24. The molecular formula is C14H23N3O2. The van der Waals surface area contributed by atoms with Gasteiger partial charge in [0, 0.05) is 5.41 Å². The molecule has 0 heterocycles. The van der Waals surface area contributed by atoms with Gasteiger partial charge in [-0.25, -0.2) is 0 Å². The van der Waals surface area contributed by atoms with Gasteiger partial charge in [-0.1, -0.05) is 49.3 Å². The predicted octanol–water partition coefficient (Wildman–Crippen LogP) is 1.47. The molecule has 1 aromatic carbocycles. The standard InChI is InChI=1S/C14H23N3O2/c1-14(2,13(15)17-19)8-9-16-12(10-18)11-6-4-3-5-7-11/h3-7,12,16,18-19H,8-10H2,1-2H3,(H2,15,17). The lowest BCUT2D eigenvalue weighted by atomic mass is 9.88. The lowest BCUT2D eigenvalue weighted by molar-refractivity contribution is 0.240. The number of amidine groups is 1. The van der Waals surface area contributed by atoms with Gasteiger partial charge in [-0.15, -0.1) is 0 Å². The number of nitrogens with zero attached hydrogens (tertiary/aromatic N) is 1. The van der Waals surface area contributed by atoms with Crippen LogP contribution < -0.4 is 11.1 Å². The molecule has 5 N–H and O–H groups in total. The van der Waals surface area contributed by atoms with E-state index in [1.165, 1.54) is 0 Å². The van der Waals surface area contributed by atoms with E-state index in [0.29, 0.717) is 13.0 Å². The van der Waals surface area contributed by atoms with Gasteiger partial charge in [-0.2, -0.15) is 0 Å². The molecule has 106 valence electrons. The summed E-state index contributed by atoms with van der Waals surface area (Å²) in [6, 6.07) is 9.69. The van der Waals surface area contributed by atoms with Gasteiger partial charge in [-0.05, 0) is 18.5 Å². The number of oxime groups is 1. The Bertz CT molecular complexity index is 404. The highest BCUT2D eigenvalue weighted by molar-refractivity contribution is 5.85. The minimum atomic E-state index is -0.377. The van der Waals surface area contributed by atoms with Crippen LogP contribution in [0.3, 0.4) is 0 Å². The van der Waals surface area contributed by atoms with Crippen molar-refractivity contribution in [3.63, 3.8) is 0 Å². The van der Waals surface area contributed by atoms with Gasteiger partial charge in [0.15, 0.2) is 0 Å². The van der Waals surface area contributed by atoms with Gasteiger partial charge in [0.2, 0.25) is 0 Å². The van der Waals surface area contributed by atoms with Gasteiger partial charge >= 0.3 is 0 Å². The predicted molar refractivity (Wildman–Crippen MR) is 76.1 cm³/mol. The Morgan fingerprint density at radius 2 is 2.00 bits per heavy atom. The molecular weight excluding hydrogens is 242 g/mol. The topological polar surface area (TPSA) is 90.9 Å². The largest absolute Gasteiger partial charge is 0.409 e. The van der Waals surface area contributed by atoms with E-state index in [9.17, 15) is 5.11 Å². The third-order valence-corrected chi connectivity index (χ3v) is 3.33. The first-order valence-corrected chi connectivity index (χ1v) is 6.38. The van der Waals surface area contributed by atoms with Gasteiger partial charge in [0.05, 0.1) is 12.6 Å². The number of aliphatic hydroxyl groups is 1. The van der Waals surface area contributed by atoms with E-state index in [1.807, 2.05) is 44.2 Å². The second-order valence-corrected chi connectivity index (χ2v) is 5.22. The fourth-order valence-electron chi connectivity index (χ4n) is 1.80. The van der Waals surface area contributed by atoms with E-state index in [2.05, 4.69) is 10.5 Å². The second-order valence-electron chi connectivity index (χ2n) is 5.22. The van der Waals surface area contributed by atoms with Crippen molar-refractivity contribution in [2.45, 2.75) is 26.3 Å². The summed E-state index contributed by atoms with van der Waals surface area (Å²) in [6.07, 6.45) is 0.715. The van der Waals surface area contributed by atoms with Crippen LogP contribution in [0.5, 0.6) is 0 Å². The Hall–Kier alpha value is -1.59. The van der Waals surface area contributed by atoms with Gasteiger partial charge in [-0.3, -0.25) is 0 Å². The SMILES string of the molecule is CC(C)(CCNC(CO)c1ccccc1)C(N)=NO. The summed E-state index contributed by atoms with van der Waals surface area (Å²) in [5.41, 5.74) is 6.31. The van der Waals surface area contributed by atoms with Crippen molar-refractivity contribution in [1.82, 2.24) is 5.32 Å². The smallest absolute Gasteiger partial charge is 0.144 e. The monoisotopic (exact) mass is 265 g/mol. The Labute approximate surface area is 114 Å². The van der Waals surface area contributed by atoms with Crippen molar-refractivity contribution in [2.75, 3.05) is 13.2 Å². The van der Waals surface area contributed by atoms with Crippen LogP contribution in [-0.4, -0.2) is 29.3 Å². The van der Waals surface area contributed by atoms with Crippen LogP contribution in [0.4, 0.5) is 0 Å². The number of aliphatic hydroxyl groups excluding tert-OH is 1. The highest BCUT2D eigenvalue weighted by Gasteiger charge is 2.23. The van der Waals surface area contributed by atoms with Crippen molar-refractivity contribution in [2.24, 2.45) is 16.3 Å². The van der Waals surface area contributed by atoms with E-state index in [1.54, 1.807) is 0 Å². The molecule has 1 unspecified atom stereocenters. The molecule has 0 aromatic heterocycles. The van der Waals surface area contributed by atoms with E-state index in [0.717, 1.165) is 5.56 Å². The maximum absolute atomic E-state index is 9.41. The van der Waals surface area contributed by atoms with E-state index >= 15 is 0 Å². The fraction of sp³-hybridized carbons (Fsp3) is 0.500. The first-order chi connectivity index (χ1) is 9.01. The normalized spacial score (nSPS) is 14.4. The molecule has 5 heteroatoms. The van der Waals surface area contributed by atoms with Crippen molar-refractivity contribution < 1.29 is 10.3 Å². The molecule has 5 nitrogen and oxygen atoms in total. The summed E-state index contributed by atoms with van der Waals surface area (Å²) >= 11 is 0. The van der Waals surface area contributed by atoms with Gasteiger partial charge in [0.1, 0.15) is 5.84 Å². The summed E-state index contributed by atoms with van der Waals surface area (Å²) in [7, 11) is 0. The molecule has 0 saturated heterocycles. The molecule has 1 aromatic rings. The molecule has 19 heavy (non-hydrogen) atoms. The van der Waals surface area contributed by atoms with Crippen LogP contribution in [0.15, 0.2) is 35.5 Å². The molecule has 0 aliphatic carbocycles. The first kappa shape index (κ1) is 15.5. The molecule has 0 aliphatic heterocycles. The Morgan fingerprint density at radius 3 is 2.53 bits per heavy atom. The first-order valence-electron chi connectivity index (χ1n) is 6.38. The second kappa shape index (κ2) is 7.11. The lowest BCUT2D eigenvalue weighted by Crippen LogP contribution is -2.36. The molecule has 1 rings (SSSR count). The zero-order valence-corrected chi connectivity index (χ0v) is 11.5. The molecule has 0 spiro atoms. The zero-order valence-electron chi connectivity index (χ0n) is 11.5. The molecule has 0 fully saturated rings. The van der Waals surface area contributed by atoms with Crippen LogP contribution in [0.25, 0.3) is 0 Å². The highest BCUT2D eigenvalue weighted by Crippen LogP contribution is 2.20. The minimum absolute atomic E-state index is 0.0357. The number of nitrogens with two attached hydrogens (primary N) is 1.